The summed E-state index contributed by atoms with van der Waals surface area (Å²) in [6, 6.07) is 0. The molecule has 0 aromatic carbocycles. The van der Waals surface area contributed by atoms with E-state index in [1.165, 1.54) is 32.1 Å². The van der Waals surface area contributed by atoms with Gasteiger partial charge in [0.15, 0.2) is 0 Å². The summed E-state index contributed by atoms with van der Waals surface area (Å²) in [6.45, 7) is 4.51. The summed E-state index contributed by atoms with van der Waals surface area (Å²) in [5.41, 5.74) is 0. The quantitative estimate of drug-likeness (QED) is 0.402. The maximum absolute atomic E-state index is 10.1. The number of unbranched alkanes of at least 4 members (excludes halogenated alkanes) is 4. The van der Waals surface area contributed by atoms with Gasteiger partial charge in [0.2, 0.25) is 0 Å². The van der Waals surface area contributed by atoms with E-state index in [1.54, 1.807) is 0 Å². The zero-order valence-corrected chi connectivity index (χ0v) is 13.7. The summed E-state index contributed by atoms with van der Waals surface area (Å²) in [5, 5.41) is 10.1. The summed E-state index contributed by atoms with van der Waals surface area (Å²) in [7, 11) is 0. The van der Waals surface area contributed by atoms with E-state index in [4.69, 9.17) is 0 Å². The number of carbonyl (C=O) groups is 1. The van der Waals surface area contributed by atoms with E-state index in [9.17, 15) is 9.90 Å². The summed E-state index contributed by atoms with van der Waals surface area (Å²) in [6.07, 6.45) is 8.34. The second-order valence-corrected chi connectivity index (χ2v) is 4.19. The number of hydrogen-bond donors (Lipinski definition) is 0. The van der Waals surface area contributed by atoms with Crippen molar-refractivity contribution in [2.45, 2.75) is 65.2 Å². The minimum absolute atomic E-state index is 0. The van der Waals surface area contributed by atoms with Gasteiger partial charge in [-0.2, -0.15) is 0 Å². The van der Waals surface area contributed by atoms with E-state index in [0.29, 0.717) is 0 Å². The summed E-state index contributed by atoms with van der Waals surface area (Å²) in [5.74, 6) is -0.0668. The zero-order valence-electron chi connectivity index (χ0n) is 10.6. The van der Waals surface area contributed by atoms with E-state index in [1.807, 2.05) is 0 Å². The average Bonchev–Trinajstić information content (AvgIpc) is 2.15. The maximum atomic E-state index is 10.1. The van der Waals surface area contributed by atoms with Gasteiger partial charge in [0.25, 0.3) is 0 Å². The van der Waals surface area contributed by atoms with Crippen molar-refractivity contribution in [3.8, 4) is 0 Å². The Balaban J connectivity index is 0. The van der Waals surface area contributed by atoms with Gasteiger partial charge in [-0.05, 0) is 18.8 Å². The third kappa shape index (κ3) is 15.1. The van der Waals surface area contributed by atoms with Crippen LogP contribution in [-0.2, 0) is 4.79 Å². The molecule has 0 fully saturated rings. The van der Waals surface area contributed by atoms with Crippen molar-refractivity contribution < 1.29 is 61.3 Å². The van der Waals surface area contributed by atoms with Crippen molar-refractivity contribution in [2.75, 3.05) is 0 Å². The zero-order chi connectivity index (χ0) is 10.8. The van der Waals surface area contributed by atoms with Crippen LogP contribution >= 0.6 is 0 Å². The van der Waals surface area contributed by atoms with E-state index < -0.39 is 5.97 Å². The van der Waals surface area contributed by atoms with Gasteiger partial charge in [-0.1, -0.05) is 52.4 Å². The molecule has 2 nitrogen and oxygen atoms in total. The molecule has 0 saturated carbocycles. The Morgan fingerprint density at radius 3 is 2.20 bits per heavy atom. The largest absolute Gasteiger partial charge is 1.00 e. The van der Waals surface area contributed by atoms with Gasteiger partial charge in [0.1, 0.15) is 0 Å². The van der Waals surface area contributed by atoms with Gasteiger partial charge < -0.3 is 9.90 Å². The van der Waals surface area contributed by atoms with Crippen LogP contribution in [0.1, 0.15) is 65.2 Å². The Labute approximate surface area is 137 Å². The first-order valence-corrected chi connectivity index (χ1v) is 5.86. The van der Waals surface area contributed by atoms with Crippen LogP contribution in [0.15, 0.2) is 0 Å². The van der Waals surface area contributed by atoms with Crippen molar-refractivity contribution in [3.05, 3.63) is 0 Å². The van der Waals surface area contributed by atoms with Crippen LogP contribution in [0.2, 0.25) is 0 Å². The third-order valence-electron chi connectivity index (χ3n) is 2.77. The molecule has 0 rings (SSSR count). The predicted molar refractivity (Wildman–Crippen MR) is 56.8 cm³/mol. The smallest absolute Gasteiger partial charge is 0.550 e. The fourth-order valence-corrected chi connectivity index (χ4v) is 1.50. The average molecular weight is 238 g/mol. The SMILES string of the molecule is CCC(C)CCCCCCCC(=O)[O-].[K+]. The predicted octanol–water partition coefficient (Wildman–Crippen LogP) is -0.483. The third-order valence-corrected chi connectivity index (χ3v) is 2.77. The van der Waals surface area contributed by atoms with Crippen molar-refractivity contribution >= 4 is 5.97 Å². The molecule has 3 heteroatoms. The topological polar surface area (TPSA) is 40.1 Å². The summed E-state index contributed by atoms with van der Waals surface area (Å²) in [4.78, 5) is 10.1. The molecule has 15 heavy (non-hydrogen) atoms. The van der Waals surface area contributed by atoms with Crippen LogP contribution < -0.4 is 56.5 Å². The molecule has 84 valence electrons. The van der Waals surface area contributed by atoms with E-state index in [2.05, 4.69) is 13.8 Å². The number of aliphatic carboxylic acids is 1. The van der Waals surface area contributed by atoms with Crippen molar-refractivity contribution in [1.29, 1.82) is 0 Å². The second-order valence-electron chi connectivity index (χ2n) is 4.19. The molecule has 1 unspecified atom stereocenters. The monoisotopic (exact) mass is 238 g/mol. The van der Waals surface area contributed by atoms with Crippen LogP contribution in [0, 0.1) is 5.92 Å². The molecule has 0 aromatic rings. The Morgan fingerprint density at radius 1 is 1.13 bits per heavy atom. The van der Waals surface area contributed by atoms with Gasteiger partial charge in [-0.15, -0.1) is 0 Å². The van der Waals surface area contributed by atoms with Gasteiger partial charge in [-0.3, -0.25) is 0 Å². The Kier molecular flexibility index (Phi) is 16.2. The Hall–Kier alpha value is 1.11. The molecule has 0 N–H and O–H groups in total. The van der Waals surface area contributed by atoms with Crippen molar-refractivity contribution in [3.63, 3.8) is 0 Å². The number of carboxylic acids is 1. The van der Waals surface area contributed by atoms with Gasteiger partial charge in [0.05, 0.1) is 0 Å². The molecule has 0 aliphatic heterocycles. The minimum Gasteiger partial charge on any atom is -0.550 e. The molecule has 0 aliphatic carbocycles. The number of carboxylic acid groups (broad SMARTS) is 1. The molecule has 0 saturated heterocycles. The maximum Gasteiger partial charge on any atom is 1.00 e. The fourth-order valence-electron chi connectivity index (χ4n) is 1.50. The molecule has 0 heterocycles. The fraction of sp³-hybridized carbons (Fsp3) is 0.917. The first-order valence-electron chi connectivity index (χ1n) is 5.86. The van der Waals surface area contributed by atoms with Gasteiger partial charge >= 0.3 is 51.4 Å². The normalized spacial score (nSPS) is 11.9. The van der Waals surface area contributed by atoms with Gasteiger partial charge in [0, 0.05) is 5.97 Å². The van der Waals surface area contributed by atoms with Crippen LogP contribution in [0.5, 0.6) is 0 Å². The van der Waals surface area contributed by atoms with Crippen LogP contribution in [0.25, 0.3) is 0 Å². The molecule has 0 aromatic heterocycles. The second kappa shape index (κ2) is 13.2. The number of rotatable bonds is 9. The first kappa shape index (κ1) is 18.5. The van der Waals surface area contributed by atoms with Crippen LogP contribution in [-0.4, -0.2) is 5.97 Å². The molecule has 0 amide bonds. The summed E-state index contributed by atoms with van der Waals surface area (Å²) >= 11 is 0. The van der Waals surface area contributed by atoms with E-state index in [0.717, 1.165) is 18.8 Å². The van der Waals surface area contributed by atoms with E-state index >= 15 is 0 Å². The van der Waals surface area contributed by atoms with Gasteiger partial charge in [-0.25, -0.2) is 0 Å². The molecule has 0 radical (unpaired) electrons. The Bertz CT molecular complexity index is 149. The van der Waals surface area contributed by atoms with Crippen LogP contribution in [0.4, 0.5) is 0 Å². The number of carbonyl (C=O) groups excluding carboxylic acids is 1. The van der Waals surface area contributed by atoms with E-state index in [-0.39, 0.29) is 57.8 Å². The molecule has 1 atom stereocenters. The standard InChI is InChI=1S/C12H24O2.K/c1-3-11(2)9-7-5-4-6-8-10-12(13)14;/h11H,3-10H2,1-2H3,(H,13,14);/q;+1/p-1. The molecule has 0 spiro atoms. The molecular weight excluding hydrogens is 215 g/mol. The Morgan fingerprint density at radius 2 is 1.67 bits per heavy atom. The van der Waals surface area contributed by atoms with Crippen molar-refractivity contribution in [2.24, 2.45) is 5.92 Å². The van der Waals surface area contributed by atoms with Crippen molar-refractivity contribution in [1.82, 2.24) is 0 Å². The van der Waals surface area contributed by atoms with Crippen LogP contribution in [0.3, 0.4) is 0 Å². The molecular formula is C12H23KO2. The molecule has 0 aliphatic rings. The summed E-state index contributed by atoms with van der Waals surface area (Å²) < 4.78 is 0. The molecule has 0 bridgehead atoms. The number of hydrogen-bond acceptors (Lipinski definition) is 2. The minimum atomic E-state index is -0.912. The first-order chi connectivity index (χ1) is 6.66.